The fraction of sp³-hybridized carbons (Fsp3) is 0.647. The van der Waals surface area contributed by atoms with Gasteiger partial charge in [0.25, 0.3) is 5.91 Å². The molecule has 0 aromatic carbocycles. The normalized spacial score (nSPS) is 24.4. The van der Waals surface area contributed by atoms with E-state index in [9.17, 15) is 9.59 Å². The van der Waals surface area contributed by atoms with Crippen molar-refractivity contribution in [3.05, 3.63) is 22.4 Å². The van der Waals surface area contributed by atoms with Crippen LogP contribution in [0.4, 0.5) is 0 Å². The average Bonchev–Trinajstić information content (AvgIpc) is 3.11. The number of nitrogens with zero attached hydrogens (tertiary/aromatic N) is 2. The molecule has 1 saturated carbocycles. The van der Waals surface area contributed by atoms with Crippen molar-refractivity contribution < 1.29 is 9.59 Å². The van der Waals surface area contributed by atoms with Crippen molar-refractivity contribution in [2.45, 2.75) is 38.1 Å². The minimum Gasteiger partial charge on any atom is -0.339 e. The van der Waals surface area contributed by atoms with Gasteiger partial charge in [-0.2, -0.15) is 0 Å². The maximum atomic E-state index is 12.5. The number of piperazine rings is 1. The molecule has 2 fully saturated rings. The van der Waals surface area contributed by atoms with Gasteiger partial charge in [-0.25, -0.2) is 0 Å². The van der Waals surface area contributed by atoms with Crippen LogP contribution in [0, 0.1) is 5.92 Å². The largest absolute Gasteiger partial charge is 0.339 e. The number of halogens is 1. The highest BCUT2D eigenvalue weighted by Gasteiger charge is 2.29. The minimum atomic E-state index is 0. The van der Waals surface area contributed by atoms with Gasteiger partial charge in [-0.3, -0.25) is 9.59 Å². The van der Waals surface area contributed by atoms with Crippen LogP contribution in [0.15, 0.2) is 17.5 Å². The second kappa shape index (κ2) is 8.83. The first kappa shape index (κ1) is 19.2. The summed E-state index contributed by atoms with van der Waals surface area (Å²) >= 11 is 1.47. The SMILES string of the molecule is Cl.NC1CCCCC1CC(=O)N1CCN(C(=O)c2cccs2)CC1. The van der Waals surface area contributed by atoms with E-state index in [-0.39, 0.29) is 30.3 Å². The van der Waals surface area contributed by atoms with Crippen LogP contribution in [0.5, 0.6) is 0 Å². The lowest BCUT2D eigenvalue weighted by Crippen LogP contribution is -2.51. The Morgan fingerprint density at radius 2 is 1.79 bits per heavy atom. The fourth-order valence-electron chi connectivity index (χ4n) is 3.56. The highest BCUT2D eigenvalue weighted by Crippen LogP contribution is 2.26. The molecule has 3 rings (SSSR count). The summed E-state index contributed by atoms with van der Waals surface area (Å²) in [5.41, 5.74) is 6.15. The van der Waals surface area contributed by atoms with E-state index in [0.29, 0.717) is 38.5 Å². The molecule has 1 aliphatic carbocycles. The Balaban J connectivity index is 0.00000208. The molecule has 2 atom stereocenters. The molecule has 0 bridgehead atoms. The summed E-state index contributed by atoms with van der Waals surface area (Å²) in [5.74, 6) is 0.624. The van der Waals surface area contributed by atoms with Crippen molar-refractivity contribution in [2.75, 3.05) is 26.2 Å². The third-order valence-corrected chi connectivity index (χ3v) is 5.91. The summed E-state index contributed by atoms with van der Waals surface area (Å²) in [7, 11) is 0. The Bertz CT molecular complexity index is 544. The molecule has 1 aromatic heterocycles. The number of hydrogen-bond donors (Lipinski definition) is 1. The highest BCUT2D eigenvalue weighted by molar-refractivity contribution is 7.12. The minimum absolute atomic E-state index is 0. The first-order valence-corrected chi connectivity index (χ1v) is 9.39. The molecule has 2 amide bonds. The van der Waals surface area contributed by atoms with E-state index >= 15 is 0 Å². The Hall–Kier alpha value is -1.11. The molecule has 2 unspecified atom stereocenters. The Morgan fingerprint density at radius 1 is 1.12 bits per heavy atom. The van der Waals surface area contributed by atoms with Crippen LogP contribution in [0.2, 0.25) is 0 Å². The lowest BCUT2D eigenvalue weighted by molar-refractivity contribution is -0.134. The van der Waals surface area contributed by atoms with Crippen molar-refractivity contribution in [3.8, 4) is 0 Å². The van der Waals surface area contributed by atoms with E-state index in [4.69, 9.17) is 5.73 Å². The van der Waals surface area contributed by atoms with Crippen LogP contribution in [-0.4, -0.2) is 53.8 Å². The first-order valence-electron chi connectivity index (χ1n) is 8.51. The molecule has 1 saturated heterocycles. The van der Waals surface area contributed by atoms with Gasteiger partial charge in [-0.15, -0.1) is 23.7 Å². The molecule has 0 spiro atoms. The number of nitrogens with two attached hydrogens (primary N) is 1. The molecule has 5 nitrogen and oxygen atoms in total. The summed E-state index contributed by atoms with van der Waals surface area (Å²) in [4.78, 5) is 29.3. The van der Waals surface area contributed by atoms with Gasteiger partial charge in [-0.05, 0) is 30.2 Å². The van der Waals surface area contributed by atoms with Crippen molar-refractivity contribution in [1.29, 1.82) is 0 Å². The number of hydrogen-bond acceptors (Lipinski definition) is 4. The monoisotopic (exact) mass is 371 g/mol. The predicted octanol–water partition coefficient (Wildman–Crippen LogP) is 2.36. The second-order valence-electron chi connectivity index (χ2n) is 6.56. The average molecular weight is 372 g/mol. The lowest BCUT2D eigenvalue weighted by Gasteiger charge is -2.36. The zero-order valence-corrected chi connectivity index (χ0v) is 15.5. The van der Waals surface area contributed by atoms with Crippen LogP contribution < -0.4 is 5.73 Å². The van der Waals surface area contributed by atoms with E-state index in [1.165, 1.54) is 24.2 Å². The van der Waals surface area contributed by atoms with Crippen LogP contribution in [0.3, 0.4) is 0 Å². The molecule has 1 aliphatic heterocycles. The van der Waals surface area contributed by atoms with Crippen LogP contribution >= 0.6 is 23.7 Å². The molecule has 0 radical (unpaired) electrons. The maximum Gasteiger partial charge on any atom is 0.264 e. The van der Waals surface area contributed by atoms with Gasteiger partial charge >= 0.3 is 0 Å². The number of rotatable bonds is 3. The van der Waals surface area contributed by atoms with E-state index in [2.05, 4.69) is 0 Å². The van der Waals surface area contributed by atoms with E-state index in [1.54, 1.807) is 0 Å². The third-order valence-electron chi connectivity index (χ3n) is 5.06. The number of carbonyl (C=O) groups is 2. The fourth-order valence-corrected chi connectivity index (χ4v) is 4.25. The molecule has 7 heteroatoms. The quantitative estimate of drug-likeness (QED) is 0.886. The van der Waals surface area contributed by atoms with Gasteiger partial charge in [0.05, 0.1) is 4.88 Å². The lowest BCUT2D eigenvalue weighted by atomic mass is 9.82. The molecule has 2 aliphatic rings. The van der Waals surface area contributed by atoms with E-state index in [1.807, 2.05) is 27.3 Å². The molecule has 2 heterocycles. The number of amides is 2. The Kier molecular flexibility index (Phi) is 7.07. The molecule has 2 N–H and O–H groups in total. The zero-order chi connectivity index (χ0) is 16.2. The van der Waals surface area contributed by atoms with Gasteiger partial charge in [0.2, 0.25) is 5.91 Å². The molecule has 1 aromatic rings. The van der Waals surface area contributed by atoms with Crippen molar-refractivity contribution in [1.82, 2.24) is 9.80 Å². The Morgan fingerprint density at radius 3 is 2.42 bits per heavy atom. The summed E-state index contributed by atoms with van der Waals surface area (Å²) in [6.07, 6.45) is 5.06. The summed E-state index contributed by atoms with van der Waals surface area (Å²) in [6.45, 7) is 2.52. The zero-order valence-electron chi connectivity index (χ0n) is 13.9. The predicted molar refractivity (Wildman–Crippen MR) is 98.6 cm³/mol. The van der Waals surface area contributed by atoms with Crippen molar-refractivity contribution in [2.24, 2.45) is 11.7 Å². The van der Waals surface area contributed by atoms with Gasteiger partial charge in [0.15, 0.2) is 0 Å². The van der Waals surface area contributed by atoms with Gasteiger partial charge in [0.1, 0.15) is 0 Å². The standard InChI is InChI=1S/C17H25N3O2S.ClH/c18-14-5-2-1-4-13(14)12-16(21)19-7-9-20(10-8-19)17(22)15-6-3-11-23-15;/h3,6,11,13-14H,1-2,4-5,7-10,12,18H2;1H. The van der Waals surface area contributed by atoms with Crippen molar-refractivity contribution >= 4 is 35.6 Å². The molecule has 134 valence electrons. The first-order chi connectivity index (χ1) is 11.1. The van der Waals surface area contributed by atoms with Gasteiger partial charge < -0.3 is 15.5 Å². The number of thiophene rings is 1. The molecular weight excluding hydrogens is 346 g/mol. The van der Waals surface area contributed by atoms with E-state index in [0.717, 1.165) is 17.7 Å². The van der Waals surface area contributed by atoms with Crippen LogP contribution in [0.25, 0.3) is 0 Å². The molecule has 24 heavy (non-hydrogen) atoms. The smallest absolute Gasteiger partial charge is 0.264 e. The summed E-state index contributed by atoms with van der Waals surface area (Å²) in [6, 6.07) is 3.93. The third kappa shape index (κ3) is 4.49. The maximum absolute atomic E-state index is 12.5. The van der Waals surface area contributed by atoms with Crippen molar-refractivity contribution in [3.63, 3.8) is 0 Å². The summed E-state index contributed by atoms with van der Waals surface area (Å²) < 4.78 is 0. The van der Waals surface area contributed by atoms with Crippen LogP contribution in [0.1, 0.15) is 41.8 Å². The van der Waals surface area contributed by atoms with Gasteiger partial charge in [-0.1, -0.05) is 18.9 Å². The number of carbonyl (C=O) groups excluding carboxylic acids is 2. The highest BCUT2D eigenvalue weighted by atomic mass is 35.5. The second-order valence-corrected chi connectivity index (χ2v) is 7.51. The topological polar surface area (TPSA) is 66.6 Å². The summed E-state index contributed by atoms with van der Waals surface area (Å²) in [5, 5.41) is 1.92. The Labute approximate surface area is 153 Å². The van der Waals surface area contributed by atoms with Gasteiger partial charge in [0, 0.05) is 38.6 Å². The molecular formula is C17H26ClN3O2S. The van der Waals surface area contributed by atoms with E-state index < -0.39 is 0 Å². The van der Waals surface area contributed by atoms with Crippen LogP contribution in [-0.2, 0) is 4.79 Å².